The van der Waals surface area contributed by atoms with Crippen molar-refractivity contribution >= 4 is 5.91 Å². The van der Waals surface area contributed by atoms with Crippen LogP contribution in [0.5, 0.6) is 5.75 Å². The Morgan fingerprint density at radius 3 is 2.58 bits per heavy atom. The van der Waals surface area contributed by atoms with Crippen molar-refractivity contribution in [2.24, 2.45) is 11.7 Å². The van der Waals surface area contributed by atoms with E-state index in [0.29, 0.717) is 12.3 Å². The molecular formula is C14H20N2O3. The van der Waals surface area contributed by atoms with Crippen LogP contribution in [0.3, 0.4) is 0 Å². The number of aliphatic hydroxyl groups excluding tert-OH is 1. The number of hydrogen-bond donors (Lipinski definition) is 4. The van der Waals surface area contributed by atoms with Crippen molar-refractivity contribution in [3.05, 3.63) is 29.8 Å². The maximum absolute atomic E-state index is 11.8. The van der Waals surface area contributed by atoms with Crippen molar-refractivity contribution in [1.82, 2.24) is 5.32 Å². The zero-order valence-electron chi connectivity index (χ0n) is 10.7. The normalized spacial score (nSPS) is 17.8. The first-order valence-electron chi connectivity index (χ1n) is 6.55. The molecule has 0 saturated heterocycles. The average Bonchev–Trinajstić information content (AvgIpc) is 3.22. The molecular weight excluding hydrogens is 244 g/mol. The van der Waals surface area contributed by atoms with E-state index in [-0.39, 0.29) is 18.2 Å². The van der Waals surface area contributed by atoms with Gasteiger partial charge in [0.2, 0.25) is 5.91 Å². The third kappa shape index (κ3) is 4.22. The summed E-state index contributed by atoms with van der Waals surface area (Å²) >= 11 is 0. The number of aromatic hydroxyl groups is 1. The molecule has 104 valence electrons. The van der Waals surface area contributed by atoms with E-state index >= 15 is 0 Å². The van der Waals surface area contributed by atoms with Gasteiger partial charge in [0.1, 0.15) is 5.75 Å². The van der Waals surface area contributed by atoms with Gasteiger partial charge >= 0.3 is 0 Å². The summed E-state index contributed by atoms with van der Waals surface area (Å²) in [5, 5.41) is 21.5. The van der Waals surface area contributed by atoms with E-state index in [4.69, 9.17) is 10.8 Å². The molecule has 0 radical (unpaired) electrons. The fraction of sp³-hybridized carbons (Fsp3) is 0.500. The van der Waals surface area contributed by atoms with Crippen molar-refractivity contribution in [2.75, 3.05) is 6.54 Å². The number of rotatable bonds is 6. The van der Waals surface area contributed by atoms with Crippen molar-refractivity contribution in [1.29, 1.82) is 0 Å². The lowest BCUT2D eigenvalue weighted by Crippen LogP contribution is -2.44. The summed E-state index contributed by atoms with van der Waals surface area (Å²) < 4.78 is 0. The second kappa shape index (κ2) is 6.04. The number of aliphatic hydroxyl groups is 1. The van der Waals surface area contributed by atoms with Crippen LogP contribution in [-0.2, 0) is 11.2 Å². The molecule has 1 aliphatic rings. The smallest absolute Gasteiger partial charge is 0.237 e. The Kier molecular flexibility index (Phi) is 4.39. The molecule has 1 saturated carbocycles. The number of phenolic OH excluding ortho intramolecular Hbond substituents is 1. The van der Waals surface area contributed by atoms with Gasteiger partial charge in [-0.2, -0.15) is 0 Å². The number of nitrogens with one attached hydrogen (secondary N) is 1. The highest BCUT2D eigenvalue weighted by Gasteiger charge is 2.30. The third-order valence-corrected chi connectivity index (χ3v) is 3.38. The highest BCUT2D eigenvalue weighted by atomic mass is 16.3. The number of carbonyl (C=O) groups excluding carboxylic acids is 1. The number of amides is 1. The number of benzene rings is 1. The van der Waals surface area contributed by atoms with Gasteiger partial charge in [-0.15, -0.1) is 0 Å². The molecule has 0 spiro atoms. The fourth-order valence-electron chi connectivity index (χ4n) is 1.96. The number of hydrogen-bond acceptors (Lipinski definition) is 4. The van der Waals surface area contributed by atoms with Gasteiger partial charge in [0.15, 0.2) is 0 Å². The van der Waals surface area contributed by atoms with Gasteiger partial charge in [0, 0.05) is 6.54 Å². The quantitative estimate of drug-likeness (QED) is 0.588. The van der Waals surface area contributed by atoms with Gasteiger partial charge in [-0.25, -0.2) is 0 Å². The lowest BCUT2D eigenvalue weighted by atomic mass is 10.1. The van der Waals surface area contributed by atoms with Crippen molar-refractivity contribution in [3.8, 4) is 5.75 Å². The predicted molar refractivity (Wildman–Crippen MR) is 71.5 cm³/mol. The Bertz CT molecular complexity index is 429. The first-order chi connectivity index (χ1) is 9.06. The predicted octanol–water partition coefficient (Wildman–Crippen LogP) is 0.149. The van der Waals surface area contributed by atoms with Crippen molar-refractivity contribution in [2.45, 2.75) is 31.4 Å². The minimum Gasteiger partial charge on any atom is -0.508 e. The number of nitrogens with two attached hydrogens (primary N) is 1. The van der Waals surface area contributed by atoms with Crippen LogP contribution < -0.4 is 11.1 Å². The van der Waals surface area contributed by atoms with Gasteiger partial charge in [0.25, 0.3) is 0 Å². The minimum absolute atomic E-state index is 0.189. The topological polar surface area (TPSA) is 95.6 Å². The van der Waals surface area contributed by atoms with Crippen molar-refractivity contribution < 1.29 is 15.0 Å². The third-order valence-electron chi connectivity index (χ3n) is 3.38. The Morgan fingerprint density at radius 1 is 1.37 bits per heavy atom. The minimum atomic E-state index is -0.643. The number of phenols is 1. The van der Waals surface area contributed by atoms with E-state index in [1.54, 1.807) is 24.3 Å². The van der Waals surface area contributed by atoms with Crippen LogP contribution in [0, 0.1) is 5.92 Å². The molecule has 1 aromatic carbocycles. The Hall–Kier alpha value is -1.59. The lowest BCUT2D eigenvalue weighted by Gasteiger charge is -2.15. The van der Waals surface area contributed by atoms with E-state index in [1.165, 1.54) is 0 Å². The Morgan fingerprint density at radius 2 is 2.00 bits per heavy atom. The summed E-state index contributed by atoms with van der Waals surface area (Å²) in [6, 6.07) is 5.97. The van der Waals surface area contributed by atoms with Gasteiger partial charge < -0.3 is 21.3 Å². The molecule has 2 atom stereocenters. The van der Waals surface area contributed by atoms with Crippen molar-refractivity contribution in [3.63, 3.8) is 0 Å². The van der Waals surface area contributed by atoms with Crippen LogP contribution in [0.4, 0.5) is 0 Å². The average molecular weight is 264 g/mol. The molecule has 0 heterocycles. The second-order valence-corrected chi connectivity index (χ2v) is 5.13. The molecule has 5 N–H and O–H groups in total. The van der Waals surface area contributed by atoms with E-state index in [1.807, 2.05) is 0 Å². The monoisotopic (exact) mass is 264 g/mol. The van der Waals surface area contributed by atoms with Crippen LogP contribution in [0.15, 0.2) is 24.3 Å². The van der Waals surface area contributed by atoms with Crippen LogP contribution >= 0.6 is 0 Å². The summed E-state index contributed by atoms with van der Waals surface area (Å²) in [6.07, 6.45) is 2.03. The summed E-state index contributed by atoms with van der Waals surface area (Å²) in [5.41, 5.74) is 6.70. The van der Waals surface area contributed by atoms with E-state index in [0.717, 1.165) is 18.4 Å². The van der Waals surface area contributed by atoms with E-state index in [9.17, 15) is 9.90 Å². The van der Waals surface area contributed by atoms with Gasteiger partial charge in [-0.3, -0.25) is 4.79 Å². The van der Waals surface area contributed by atoms with E-state index in [2.05, 4.69) is 5.32 Å². The maximum Gasteiger partial charge on any atom is 0.237 e. The lowest BCUT2D eigenvalue weighted by molar-refractivity contribution is -0.122. The maximum atomic E-state index is 11.8. The molecule has 0 aliphatic heterocycles. The second-order valence-electron chi connectivity index (χ2n) is 5.13. The highest BCUT2D eigenvalue weighted by Crippen LogP contribution is 2.32. The van der Waals surface area contributed by atoms with Gasteiger partial charge in [-0.1, -0.05) is 12.1 Å². The SMILES string of the molecule is N[C@@H](Cc1ccc(O)cc1)C(=O)NCC(O)C1CC1. The molecule has 5 heteroatoms. The first-order valence-corrected chi connectivity index (χ1v) is 6.55. The molecule has 2 rings (SSSR count). The largest absolute Gasteiger partial charge is 0.508 e. The summed E-state index contributed by atoms with van der Waals surface area (Å²) in [4.78, 5) is 11.8. The van der Waals surface area contributed by atoms with Crippen LogP contribution in [0.1, 0.15) is 18.4 Å². The molecule has 0 aromatic heterocycles. The molecule has 1 aromatic rings. The fourth-order valence-corrected chi connectivity index (χ4v) is 1.96. The highest BCUT2D eigenvalue weighted by molar-refractivity contribution is 5.81. The summed E-state index contributed by atoms with van der Waals surface area (Å²) in [6.45, 7) is 0.271. The molecule has 1 fully saturated rings. The van der Waals surface area contributed by atoms with Gasteiger partial charge in [0.05, 0.1) is 12.1 Å². The molecule has 1 amide bonds. The summed E-state index contributed by atoms with van der Waals surface area (Å²) in [7, 11) is 0. The van der Waals surface area contributed by atoms with Gasteiger partial charge in [-0.05, 0) is 42.9 Å². The Labute approximate surface area is 112 Å². The molecule has 5 nitrogen and oxygen atoms in total. The molecule has 1 aliphatic carbocycles. The molecule has 0 bridgehead atoms. The van der Waals surface area contributed by atoms with E-state index < -0.39 is 12.1 Å². The standard InChI is InChI=1S/C14H20N2O3/c15-12(7-9-1-5-11(17)6-2-9)14(19)16-8-13(18)10-3-4-10/h1-2,5-6,10,12-13,17-18H,3-4,7-8,15H2,(H,16,19)/t12-,13?/m0/s1. The number of carbonyl (C=O) groups is 1. The van der Waals surface area contributed by atoms with Crippen LogP contribution in [0.25, 0.3) is 0 Å². The molecule has 19 heavy (non-hydrogen) atoms. The molecule has 1 unspecified atom stereocenters. The zero-order chi connectivity index (χ0) is 13.8. The Balaban J connectivity index is 1.76. The zero-order valence-corrected chi connectivity index (χ0v) is 10.7. The first kappa shape index (κ1) is 13.8. The van der Waals surface area contributed by atoms with Crippen LogP contribution in [-0.4, -0.2) is 34.8 Å². The van der Waals surface area contributed by atoms with Crippen LogP contribution in [0.2, 0.25) is 0 Å². The summed E-state index contributed by atoms with van der Waals surface area (Å²) in [5.74, 6) is 0.274.